The molecule has 0 aromatic rings. The highest BCUT2D eigenvalue weighted by atomic mass is 31.2. The third kappa shape index (κ3) is 36.8. The van der Waals surface area contributed by atoms with E-state index in [1.54, 1.807) is 0 Å². The Bertz CT molecular complexity index is 925. The Morgan fingerprint density at radius 1 is 0.577 bits per heavy atom. The van der Waals surface area contributed by atoms with Crippen molar-refractivity contribution >= 4 is 19.8 Å². The molecule has 0 bridgehead atoms. The van der Waals surface area contributed by atoms with Gasteiger partial charge in [0, 0.05) is 12.8 Å². The van der Waals surface area contributed by atoms with E-state index in [0.717, 1.165) is 57.8 Å². The Kier molecular flexibility index (Phi) is 36.6. The number of unbranched alkanes of at least 4 members (excludes halogenated alkanes) is 21. The summed E-state index contributed by atoms with van der Waals surface area (Å²) < 4.78 is 32.6. The Balaban J connectivity index is 4.31. The number of aliphatic hydroxyl groups is 2. The standard InChI is InChI=1S/C41H77O10P/c1-3-5-7-9-11-13-15-17-18-19-20-21-23-25-27-29-31-33-41(45)51-39(37-50-52(46,47)49-35-38(43)34-42)36-48-40(44)32-30-28-26-24-22-16-14-12-10-8-6-4-2/h11,13,17-18,38-39,42-43H,3-10,12,14-16,19-37H2,1-2H3,(H,46,47)/b13-11-,18-17-/t38-,39+/m0/s1. The molecule has 0 saturated carbocycles. The molecule has 0 rings (SSSR count). The van der Waals surface area contributed by atoms with Crippen LogP contribution in [0.25, 0.3) is 0 Å². The number of hydrogen-bond donors (Lipinski definition) is 3. The van der Waals surface area contributed by atoms with Gasteiger partial charge in [0.2, 0.25) is 0 Å². The van der Waals surface area contributed by atoms with Gasteiger partial charge < -0.3 is 24.6 Å². The lowest BCUT2D eigenvalue weighted by atomic mass is 10.0. The van der Waals surface area contributed by atoms with Crippen molar-refractivity contribution in [2.24, 2.45) is 0 Å². The maximum Gasteiger partial charge on any atom is 0.472 e. The van der Waals surface area contributed by atoms with Gasteiger partial charge >= 0.3 is 19.8 Å². The summed E-state index contributed by atoms with van der Waals surface area (Å²) in [6.07, 6.45) is 35.7. The Morgan fingerprint density at radius 2 is 1.00 bits per heavy atom. The topological polar surface area (TPSA) is 149 Å². The lowest BCUT2D eigenvalue weighted by Crippen LogP contribution is -2.29. The minimum atomic E-state index is -4.61. The molecule has 0 aliphatic heterocycles. The summed E-state index contributed by atoms with van der Waals surface area (Å²) in [7, 11) is -4.61. The van der Waals surface area contributed by atoms with Crippen molar-refractivity contribution in [3.8, 4) is 0 Å². The molecule has 1 unspecified atom stereocenters. The molecule has 0 saturated heterocycles. The molecule has 3 N–H and O–H groups in total. The molecule has 0 heterocycles. The highest BCUT2D eigenvalue weighted by molar-refractivity contribution is 7.47. The van der Waals surface area contributed by atoms with Crippen LogP contribution in [0.3, 0.4) is 0 Å². The molecule has 11 heteroatoms. The van der Waals surface area contributed by atoms with Crippen LogP contribution in [0.2, 0.25) is 0 Å². The first-order valence-corrected chi connectivity index (χ1v) is 22.3. The van der Waals surface area contributed by atoms with E-state index >= 15 is 0 Å². The third-order valence-corrected chi connectivity index (χ3v) is 9.81. The van der Waals surface area contributed by atoms with Gasteiger partial charge in [-0.15, -0.1) is 0 Å². The number of allylic oxidation sites excluding steroid dienone is 4. The molecule has 0 spiro atoms. The fraction of sp³-hybridized carbons (Fsp3) is 0.854. The summed E-state index contributed by atoms with van der Waals surface area (Å²) in [5.74, 6) is -0.929. The lowest BCUT2D eigenvalue weighted by molar-refractivity contribution is -0.161. The van der Waals surface area contributed by atoms with Gasteiger partial charge in [-0.3, -0.25) is 18.6 Å². The molecular formula is C41H77O10P. The second kappa shape index (κ2) is 37.8. The number of aliphatic hydroxyl groups excluding tert-OH is 2. The molecule has 0 aromatic heterocycles. The normalized spacial score (nSPS) is 14.2. The number of carbonyl (C=O) groups is 2. The first-order chi connectivity index (χ1) is 25.2. The van der Waals surface area contributed by atoms with Gasteiger partial charge in [0.15, 0.2) is 6.10 Å². The van der Waals surface area contributed by atoms with E-state index in [4.69, 9.17) is 19.1 Å². The fourth-order valence-electron chi connectivity index (χ4n) is 5.61. The first kappa shape index (κ1) is 50.5. The molecule has 306 valence electrons. The zero-order valence-corrected chi connectivity index (χ0v) is 33.9. The summed E-state index contributed by atoms with van der Waals surface area (Å²) in [5, 5.41) is 18.3. The van der Waals surface area contributed by atoms with Gasteiger partial charge in [-0.1, -0.05) is 154 Å². The van der Waals surface area contributed by atoms with E-state index in [1.807, 2.05) is 0 Å². The van der Waals surface area contributed by atoms with Crippen LogP contribution < -0.4 is 0 Å². The van der Waals surface area contributed by atoms with Gasteiger partial charge in [-0.25, -0.2) is 4.57 Å². The van der Waals surface area contributed by atoms with Crippen LogP contribution in [0.15, 0.2) is 24.3 Å². The number of rotatable bonds is 39. The molecule has 0 fully saturated rings. The summed E-state index contributed by atoms with van der Waals surface area (Å²) in [6, 6.07) is 0. The van der Waals surface area contributed by atoms with Gasteiger partial charge in [0.25, 0.3) is 0 Å². The first-order valence-electron chi connectivity index (χ1n) is 20.8. The largest absolute Gasteiger partial charge is 0.472 e. The van der Waals surface area contributed by atoms with Crippen molar-refractivity contribution in [2.75, 3.05) is 26.4 Å². The fourth-order valence-corrected chi connectivity index (χ4v) is 6.40. The number of esters is 2. The smallest absolute Gasteiger partial charge is 0.462 e. The predicted molar refractivity (Wildman–Crippen MR) is 210 cm³/mol. The molecule has 52 heavy (non-hydrogen) atoms. The van der Waals surface area contributed by atoms with Crippen molar-refractivity contribution in [3.05, 3.63) is 24.3 Å². The van der Waals surface area contributed by atoms with Crippen LogP contribution in [-0.4, -0.2) is 65.7 Å². The van der Waals surface area contributed by atoms with E-state index in [2.05, 4.69) is 42.7 Å². The van der Waals surface area contributed by atoms with Crippen molar-refractivity contribution in [2.45, 2.75) is 199 Å². The summed E-state index contributed by atoms with van der Waals surface area (Å²) in [5.41, 5.74) is 0. The quantitative estimate of drug-likeness (QED) is 0.0239. The van der Waals surface area contributed by atoms with Gasteiger partial charge in [0.1, 0.15) is 12.7 Å². The Morgan fingerprint density at radius 3 is 1.52 bits per heavy atom. The summed E-state index contributed by atoms with van der Waals surface area (Å²) in [6.45, 7) is 2.35. The number of phosphoric acid groups is 1. The van der Waals surface area contributed by atoms with Gasteiger partial charge in [-0.05, 0) is 44.9 Å². The van der Waals surface area contributed by atoms with Crippen LogP contribution in [0.1, 0.15) is 187 Å². The molecular weight excluding hydrogens is 683 g/mol. The molecule has 10 nitrogen and oxygen atoms in total. The maximum atomic E-state index is 12.6. The van der Waals surface area contributed by atoms with Crippen molar-refractivity contribution in [1.82, 2.24) is 0 Å². The highest BCUT2D eigenvalue weighted by Crippen LogP contribution is 2.43. The van der Waals surface area contributed by atoms with Crippen LogP contribution in [-0.2, 0) is 32.7 Å². The number of carbonyl (C=O) groups excluding carboxylic acids is 2. The second-order valence-electron chi connectivity index (χ2n) is 14.0. The molecule has 0 aromatic carbocycles. The van der Waals surface area contributed by atoms with Crippen LogP contribution in [0.4, 0.5) is 0 Å². The zero-order valence-electron chi connectivity index (χ0n) is 33.0. The van der Waals surface area contributed by atoms with Crippen LogP contribution >= 0.6 is 7.82 Å². The zero-order chi connectivity index (χ0) is 38.4. The number of phosphoric ester groups is 1. The summed E-state index contributed by atoms with van der Waals surface area (Å²) in [4.78, 5) is 34.9. The minimum Gasteiger partial charge on any atom is -0.462 e. The van der Waals surface area contributed by atoms with Crippen molar-refractivity contribution in [3.63, 3.8) is 0 Å². The predicted octanol–water partition coefficient (Wildman–Crippen LogP) is 10.6. The van der Waals surface area contributed by atoms with Crippen molar-refractivity contribution < 1.29 is 47.8 Å². The van der Waals surface area contributed by atoms with Crippen LogP contribution in [0, 0.1) is 0 Å². The second-order valence-corrected chi connectivity index (χ2v) is 15.5. The van der Waals surface area contributed by atoms with E-state index in [0.29, 0.717) is 12.8 Å². The Hall–Kier alpha value is -1.55. The minimum absolute atomic E-state index is 0.178. The lowest BCUT2D eigenvalue weighted by Gasteiger charge is -2.20. The Labute approximate surface area is 317 Å². The average molecular weight is 761 g/mol. The van der Waals surface area contributed by atoms with Gasteiger partial charge in [0.05, 0.1) is 19.8 Å². The maximum absolute atomic E-state index is 12.6. The summed E-state index contributed by atoms with van der Waals surface area (Å²) >= 11 is 0. The molecule has 0 aliphatic carbocycles. The highest BCUT2D eigenvalue weighted by Gasteiger charge is 2.27. The van der Waals surface area contributed by atoms with Crippen LogP contribution in [0.5, 0.6) is 0 Å². The molecule has 0 radical (unpaired) electrons. The van der Waals surface area contributed by atoms with E-state index in [-0.39, 0.29) is 19.4 Å². The molecule has 0 amide bonds. The molecule has 0 aliphatic rings. The van der Waals surface area contributed by atoms with E-state index in [9.17, 15) is 24.2 Å². The molecule has 3 atom stereocenters. The SMILES string of the molecule is CCCCC/C=C\C/C=C\CCCCCCCCCC(=O)O[C@H](COC(=O)CCCCCCCCCCCCCC)COP(=O)(O)OC[C@@H](O)CO. The third-order valence-electron chi connectivity index (χ3n) is 8.86. The van der Waals surface area contributed by atoms with E-state index in [1.165, 1.54) is 89.9 Å². The monoisotopic (exact) mass is 761 g/mol. The van der Waals surface area contributed by atoms with Crippen molar-refractivity contribution in [1.29, 1.82) is 0 Å². The number of hydrogen-bond acceptors (Lipinski definition) is 9. The van der Waals surface area contributed by atoms with E-state index < -0.39 is 51.8 Å². The number of ether oxygens (including phenoxy) is 2. The van der Waals surface area contributed by atoms with Gasteiger partial charge in [-0.2, -0.15) is 0 Å². The average Bonchev–Trinajstić information content (AvgIpc) is 3.13.